The van der Waals surface area contributed by atoms with E-state index in [1.54, 1.807) is 0 Å². The Hall–Kier alpha value is -3.08. The topological polar surface area (TPSA) is 73.4 Å². The summed E-state index contributed by atoms with van der Waals surface area (Å²) >= 11 is 0. The smallest absolute Gasteiger partial charge is 0.352 e. The highest BCUT2D eigenvalue weighted by Gasteiger charge is 2.26. The van der Waals surface area contributed by atoms with Gasteiger partial charge in [-0.15, -0.1) is 0 Å². The van der Waals surface area contributed by atoms with Crippen molar-refractivity contribution in [1.29, 1.82) is 0 Å². The number of amides is 1. The number of nitrogens with zero attached hydrogens (tertiary/aromatic N) is 1. The lowest BCUT2D eigenvalue weighted by Gasteiger charge is -2.32. The normalized spacial score (nSPS) is 15.1. The minimum atomic E-state index is -1.03. The number of H-pyrrole nitrogens is 1. The van der Waals surface area contributed by atoms with Crippen LogP contribution >= 0.6 is 0 Å². The number of hydrogen-bond donors (Lipinski definition) is 2. The SMILES string of the molecule is O=C(O)c1[nH]c2ccccc2c1CC(=O)N1CCC(Cc2ccccc2)CC1. The number of aromatic amines is 1. The summed E-state index contributed by atoms with van der Waals surface area (Å²) in [5.74, 6) is -0.430. The van der Waals surface area contributed by atoms with E-state index in [4.69, 9.17) is 0 Å². The molecule has 0 bridgehead atoms. The third-order valence-electron chi connectivity index (χ3n) is 5.69. The largest absolute Gasteiger partial charge is 0.477 e. The van der Waals surface area contributed by atoms with E-state index in [-0.39, 0.29) is 18.0 Å². The molecule has 1 amide bonds. The third kappa shape index (κ3) is 3.79. The van der Waals surface area contributed by atoms with Crippen molar-refractivity contribution >= 4 is 22.8 Å². The lowest BCUT2D eigenvalue weighted by molar-refractivity contribution is -0.131. The third-order valence-corrected chi connectivity index (χ3v) is 5.69. The second-order valence-corrected chi connectivity index (χ2v) is 7.52. The average Bonchev–Trinajstić information content (AvgIpc) is 3.08. The Labute approximate surface area is 164 Å². The van der Waals surface area contributed by atoms with Crippen molar-refractivity contribution in [1.82, 2.24) is 9.88 Å². The Morgan fingerprint density at radius 3 is 2.39 bits per heavy atom. The quantitative estimate of drug-likeness (QED) is 0.709. The molecule has 5 heteroatoms. The molecule has 2 aromatic carbocycles. The van der Waals surface area contributed by atoms with Crippen molar-refractivity contribution in [2.75, 3.05) is 13.1 Å². The molecule has 4 rings (SSSR count). The number of carbonyl (C=O) groups excluding carboxylic acids is 1. The number of fused-ring (bicyclic) bond motifs is 1. The Morgan fingerprint density at radius 1 is 1.00 bits per heavy atom. The van der Waals surface area contributed by atoms with Crippen molar-refractivity contribution in [3.8, 4) is 0 Å². The molecule has 1 fully saturated rings. The molecule has 3 aromatic rings. The van der Waals surface area contributed by atoms with E-state index in [1.807, 2.05) is 35.2 Å². The zero-order valence-corrected chi connectivity index (χ0v) is 15.7. The number of aromatic carboxylic acids is 1. The summed E-state index contributed by atoms with van der Waals surface area (Å²) < 4.78 is 0. The molecule has 2 N–H and O–H groups in total. The number of nitrogens with one attached hydrogen (secondary N) is 1. The molecule has 0 saturated carbocycles. The van der Waals surface area contributed by atoms with Crippen LogP contribution in [-0.2, 0) is 17.6 Å². The van der Waals surface area contributed by atoms with Gasteiger partial charge in [0.1, 0.15) is 5.69 Å². The van der Waals surface area contributed by atoms with Crippen molar-refractivity contribution in [2.45, 2.75) is 25.7 Å². The first kappa shape index (κ1) is 18.3. The number of carbonyl (C=O) groups is 2. The van der Waals surface area contributed by atoms with Crippen LogP contribution < -0.4 is 0 Å². The van der Waals surface area contributed by atoms with E-state index in [2.05, 4.69) is 29.2 Å². The highest BCUT2D eigenvalue weighted by atomic mass is 16.4. The van der Waals surface area contributed by atoms with E-state index in [0.717, 1.165) is 43.3 Å². The number of piperidine rings is 1. The predicted octanol–water partition coefficient (Wildman–Crippen LogP) is 3.89. The summed E-state index contributed by atoms with van der Waals surface area (Å²) in [6, 6.07) is 17.9. The van der Waals surface area contributed by atoms with Gasteiger partial charge in [-0.05, 0) is 36.8 Å². The molecular formula is C23H24N2O3. The summed E-state index contributed by atoms with van der Waals surface area (Å²) in [4.78, 5) is 29.3. The maximum atomic E-state index is 12.9. The van der Waals surface area contributed by atoms with Gasteiger partial charge in [-0.25, -0.2) is 4.79 Å². The maximum Gasteiger partial charge on any atom is 0.352 e. The second-order valence-electron chi connectivity index (χ2n) is 7.52. The number of para-hydroxylation sites is 1. The van der Waals surface area contributed by atoms with Gasteiger partial charge in [0.05, 0.1) is 6.42 Å². The average molecular weight is 376 g/mol. The van der Waals surface area contributed by atoms with Crippen LogP contribution in [0.2, 0.25) is 0 Å². The summed E-state index contributed by atoms with van der Waals surface area (Å²) in [6.07, 6.45) is 3.14. The van der Waals surface area contributed by atoms with Crippen LogP contribution in [0, 0.1) is 5.92 Å². The molecule has 1 saturated heterocycles. The summed E-state index contributed by atoms with van der Waals surface area (Å²) in [5, 5.41) is 10.3. The fourth-order valence-corrected chi connectivity index (χ4v) is 4.16. The molecule has 0 unspecified atom stereocenters. The van der Waals surface area contributed by atoms with Crippen LogP contribution in [0.25, 0.3) is 10.9 Å². The molecule has 1 aliphatic heterocycles. The first-order valence-corrected chi connectivity index (χ1v) is 9.76. The van der Waals surface area contributed by atoms with Gasteiger partial charge in [0.15, 0.2) is 0 Å². The Morgan fingerprint density at radius 2 is 1.68 bits per heavy atom. The van der Waals surface area contributed by atoms with Crippen LogP contribution in [0.4, 0.5) is 0 Å². The van der Waals surface area contributed by atoms with Gasteiger partial charge in [-0.1, -0.05) is 48.5 Å². The van der Waals surface area contributed by atoms with Crippen molar-refractivity contribution in [2.24, 2.45) is 5.92 Å². The van der Waals surface area contributed by atoms with Crippen LogP contribution in [0.1, 0.15) is 34.5 Å². The molecule has 0 spiro atoms. The Bertz CT molecular complexity index is 986. The number of carboxylic acid groups (broad SMARTS) is 1. The van der Waals surface area contributed by atoms with Gasteiger partial charge in [0.25, 0.3) is 0 Å². The monoisotopic (exact) mass is 376 g/mol. The molecule has 28 heavy (non-hydrogen) atoms. The fourth-order valence-electron chi connectivity index (χ4n) is 4.16. The molecule has 0 radical (unpaired) electrons. The number of carboxylic acids is 1. The van der Waals surface area contributed by atoms with E-state index in [1.165, 1.54) is 5.56 Å². The first-order valence-electron chi connectivity index (χ1n) is 9.76. The molecule has 0 aliphatic carbocycles. The van der Waals surface area contributed by atoms with Gasteiger partial charge in [0, 0.05) is 29.6 Å². The molecule has 144 valence electrons. The number of likely N-dealkylation sites (tertiary alicyclic amines) is 1. The van der Waals surface area contributed by atoms with Gasteiger partial charge in [-0.3, -0.25) is 4.79 Å². The van der Waals surface area contributed by atoms with Crippen LogP contribution in [0.3, 0.4) is 0 Å². The molecule has 5 nitrogen and oxygen atoms in total. The Kier molecular flexibility index (Phi) is 5.15. The summed E-state index contributed by atoms with van der Waals surface area (Å²) in [7, 11) is 0. The zero-order chi connectivity index (χ0) is 19.5. The van der Waals surface area contributed by atoms with Gasteiger partial charge in [-0.2, -0.15) is 0 Å². The molecular weight excluding hydrogens is 352 g/mol. The number of aromatic nitrogens is 1. The van der Waals surface area contributed by atoms with E-state index < -0.39 is 5.97 Å². The fraction of sp³-hybridized carbons (Fsp3) is 0.304. The second kappa shape index (κ2) is 7.89. The highest BCUT2D eigenvalue weighted by molar-refractivity contribution is 6.00. The number of rotatable bonds is 5. The highest BCUT2D eigenvalue weighted by Crippen LogP contribution is 2.26. The molecule has 0 atom stereocenters. The lowest BCUT2D eigenvalue weighted by atomic mass is 9.90. The van der Waals surface area contributed by atoms with Crippen LogP contribution in [-0.4, -0.2) is 40.0 Å². The van der Waals surface area contributed by atoms with Gasteiger partial charge >= 0.3 is 5.97 Å². The van der Waals surface area contributed by atoms with Crippen molar-refractivity contribution in [3.05, 3.63) is 71.4 Å². The van der Waals surface area contributed by atoms with Gasteiger partial charge < -0.3 is 15.0 Å². The Balaban J connectivity index is 1.42. The van der Waals surface area contributed by atoms with Crippen LogP contribution in [0.15, 0.2) is 54.6 Å². The maximum absolute atomic E-state index is 12.9. The van der Waals surface area contributed by atoms with Gasteiger partial charge in [0.2, 0.25) is 5.91 Å². The summed E-state index contributed by atoms with van der Waals surface area (Å²) in [5.41, 5.74) is 2.80. The van der Waals surface area contributed by atoms with E-state index in [0.29, 0.717) is 11.5 Å². The standard InChI is InChI=1S/C23H24N2O3/c26-21(15-19-18-8-4-5-9-20(18)24-22(19)23(27)28)25-12-10-17(11-13-25)14-16-6-2-1-3-7-16/h1-9,17,24H,10-15H2,(H,27,28). The minimum absolute atomic E-state index is 0.00501. The van der Waals surface area contributed by atoms with Crippen LogP contribution in [0.5, 0.6) is 0 Å². The molecule has 1 aromatic heterocycles. The lowest BCUT2D eigenvalue weighted by Crippen LogP contribution is -2.39. The van der Waals surface area contributed by atoms with E-state index >= 15 is 0 Å². The zero-order valence-electron chi connectivity index (χ0n) is 15.7. The number of hydrogen-bond acceptors (Lipinski definition) is 2. The van der Waals surface area contributed by atoms with E-state index in [9.17, 15) is 14.7 Å². The van der Waals surface area contributed by atoms with Crippen molar-refractivity contribution in [3.63, 3.8) is 0 Å². The molecule has 2 heterocycles. The molecule has 1 aliphatic rings. The number of benzene rings is 2. The minimum Gasteiger partial charge on any atom is -0.477 e. The summed E-state index contributed by atoms with van der Waals surface area (Å²) in [6.45, 7) is 1.47. The first-order chi connectivity index (χ1) is 13.6. The predicted molar refractivity (Wildman–Crippen MR) is 108 cm³/mol. The van der Waals surface area contributed by atoms with Crippen molar-refractivity contribution < 1.29 is 14.7 Å².